The molecule has 0 aromatic heterocycles. The van der Waals surface area contributed by atoms with Gasteiger partial charge in [0.05, 0.1) is 15.5 Å². The van der Waals surface area contributed by atoms with Gasteiger partial charge in [-0.1, -0.05) is 12.1 Å². The van der Waals surface area contributed by atoms with Crippen LogP contribution >= 0.6 is 15.9 Å². The summed E-state index contributed by atoms with van der Waals surface area (Å²) in [6, 6.07) is 5.09. The molecule has 5 nitrogen and oxygen atoms in total. The van der Waals surface area contributed by atoms with E-state index in [1.807, 2.05) is 6.07 Å². The molecule has 1 aromatic rings. The number of nitrogens with zero attached hydrogens (tertiary/aromatic N) is 1. The van der Waals surface area contributed by atoms with Crippen molar-refractivity contribution in [3.05, 3.63) is 38.3 Å². The zero-order valence-electron chi connectivity index (χ0n) is 10.6. The lowest BCUT2D eigenvalue weighted by Crippen LogP contribution is -2.20. The molecule has 6 heteroatoms. The highest BCUT2D eigenvalue weighted by Gasteiger charge is 2.16. The van der Waals surface area contributed by atoms with Crippen molar-refractivity contribution in [1.82, 2.24) is 5.32 Å². The standard InChI is InChI=1S/C13H17BrN2O3/c14-13-10(3-1-5-12(13)16(17)18)9-15-7-6-11-4-2-8-19-11/h1,3,5,11,15H,2,4,6-9H2. The third-order valence-corrected chi connectivity index (χ3v) is 4.15. The third kappa shape index (κ3) is 3.99. The molecule has 1 fully saturated rings. The number of nitro benzene ring substituents is 1. The van der Waals surface area contributed by atoms with Gasteiger partial charge < -0.3 is 10.1 Å². The monoisotopic (exact) mass is 328 g/mol. The predicted octanol–water partition coefficient (Wildman–Crippen LogP) is 3.02. The summed E-state index contributed by atoms with van der Waals surface area (Å²) in [6.45, 7) is 2.36. The van der Waals surface area contributed by atoms with Gasteiger partial charge in [0.25, 0.3) is 5.69 Å². The highest BCUT2D eigenvalue weighted by molar-refractivity contribution is 9.10. The summed E-state index contributed by atoms with van der Waals surface area (Å²) in [5.74, 6) is 0. The molecule has 0 aliphatic carbocycles. The SMILES string of the molecule is O=[N+]([O-])c1cccc(CNCCC2CCCO2)c1Br. The molecule has 1 aromatic carbocycles. The van der Waals surface area contributed by atoms with Gasteiger partial charge in [-0.05, 0) is 47.3 Å². The van der Waals surface area contributed by atoms with Crippen molar-refractivity contribution >= 4 is 21.6 Å². The van der Waals surface area contributed by atoms with Crippen molar-refractivity contribution in [2.75, 3.05) is 13.2 Å². The quantitative estimate of drug-likeness (QED) is 0.495. The van der Waals surface area contributed by atoms with E-state index in [0.717, 1.165) is 38.0 Å². The first-order valence-corrected chi connectivity index (χ1v) is 7.22. The minimum atomic E-state index is -0.375. The summed E-state index contributed by atoms with van der Waals surface area (Å²) in [4.78, 5) is 10.4. The summed E-state index contributed by atoms with van der Waals surface area (Å²) in [5.41, 5.74) is 1.01. The molecule has 1 N–H and O–H groups in total. The second-order valence-electron chi connectivity index (χ2n) is 4.61. The Hall–Kier alpha value is -0.980. The van der Waals surface area contributed by atoms with Gasteiger partial charge in [0.2, 0.25) is 0 Å². The van der Waals surface area contributed by atoms with Crippen molar-refractivity contribution in [2.24, 2.45) is 0 Å². The molecule has 104 valence electrons. The predicted molar refractivity (Wildman–Crippen MR) is 76.1 cm³/mol. The molecule has 2 rings (SSSR count). The zero-order chi connectivity index (χ0) is 13.7. The first kappa shape index (κ1) is 14.4. The van der Waals surface area contributed by atoms with Crippen LogP contribution in [0.25, 0.3) is 0 Å². The summed E-state index contributed by atoms with van der Waals surface area (Å²) < 4.78 is 6.10. The van der Waals surface area contributed by atoms with Crippen molar-refractivity contribution in [3.63, 3.8) is 0 Å². The van der Waals surface area contributed by atoms with Crippen molar-refractivity contribution in [3.8, 4) is 0 Å². The number of benzene rings is 1. The molecule has 0 spiro atoms. The second kappa shape index (κ2) is 6.98. The van der Waals surface area contributed by atoms with Crippen LogP contribution in [0.4, 0.5) is 5.69 Å². The minimum Gasteiger partial charge on any atom is -0.378 e. The highest BCUT2D eigenvalue weighted by atomic mass is 79.9. The molecule has 0 saturated carbocycles. The molecule has 0 bridgehead atoms. The fourth-order valence-electron chi connectivity index (χ4n) is 2.20. The largest absolute Gasteiger partial charge is 0.378 e. The van der Waals surface area contributed by atoms with E-state index in [-0.39, 0.29) is 10.6 Å². The van der Waals surface area contributed by atoms with Crippen molar-refractivity contribution in [2.45, 2.75) is 31.9 Å². The van der Waals surface area contributed by atoms with E-state index >= 15 is 0 Å². The van der Waals surface area contributed by atoms with Crippen LogP contribution in [0.3, 0.4) is 0 Å². The van der Waals surface area contributed by atoms with Crippen LogP contribution in [-0.4, -0.2) is 24.2 Å². The average molecular weight is 329 g/mol. The minimum absolute atomic E-state index is 0.110. The molecule has 0 amide bonds. The fourth-order valence-corrected chi connectivity index (χ4v) is 2.75. The highest BCUT2D eigenvalue weighted by Crippen LogP contribution is 2.28. The number of ether oxygens (including phenoxy) is 1. The van der Waals surface area contributed by atoms with Gasteiger partial charge in [-0.3, -0.25) is 10.1 Å². The molecule has 1 saturated heterocycles. The Morgan fingerprint density at radius 3 is 3.05 bits per heavy atom. The number of rotatable bonds is 6. The first-order valence-electron chi connectivity index (χ1n) is 6.42. The topological polar surface area (TPSA) is 64.4 Å². The molecular weight excluding hydrogens is 312 g/mol. The normalized spacial score (nSPS) is 18.7. The molecule has 1 aliphatic heterocycles. The number of hydrogen-bond donors (Lipinski definition) is 1. The lowest BCUT2D eigenvalue weighted by Gasteiger charge is -2.10. The number of nitro groups is 1. The van der Waals surface area contributed by atoms with E-state index in [9.17, 15) is 10.1 Å². The Balaban J connectivity index is 1.82. The number of halogens is 1. The van der Waals surface area contributed by atoms with Crippen LogP contribution < -0.4 is 5.32 Å². The summed E-state index contributed by atoms with van der Waals surface area (Å²) in [5, 5.41) is 14.1. The lowest BCUT2D eigenvalue weighted by atomic mass is 10.1. The maximum Gasteiger partial charge on any atom is 0.283 e. The molecule has 1 heterocycles. The fraction of sp³-hybridized carbons (Fsp3) is 0.538. The zero-order valence-corrected chi connectivity index (χ0v) is 12.2. The van der Waals surface area contributed by atoms with E-state index in [2.05, 4.69) is 21.2 Å². The summed E-state index contributed by atoms with van der Waals surface area (Å²) >= 11 is 3.29. The first-order chi connectivity index (χ1) is 9.18. The number of nitrogens with one attached hydrogen (secondary N) is 1. The van der Waals surface area contributed by atoms with Crippen LogP contribution in [0.15, 0.2) is 22.7 Å². The van der Waals surface area contributed by atoms with Crippen LogP contribution in [0.5, 0.6) is 0 Å². The molecule has 1 aliphatic rings. The molecule has 1 unspecified atom stereocenters. The smallest absolute Gasteiger partial charge is 0.283 e. The summed E-state index contributed by atoms with van der Waals surface area (Å²) in [7, 11) is 0. The van der Waals surface area contributed by atoms with E-state index < -0.39 is 0 Å². The van der Waals surface area contributed by atoms with Crippen molar-refractivity contribution in [1.29, 1.82) is 0 Å². The Bertz CT molecular complexity index is 448. The Morgan fingerprint density at radius 2 is 2.37 bits per heavy atom. The van der Waals surface area contributed by atoms with Gasteiger partial charge in [0.15, 0.2) is 0 Å². The third-order valence-electron chi connectivity index (χ3n) is 3.24. The van der Waals surface area contributed by atoms with Gasteiger partial charge in [0, 0.05) is 19.2 Å². The average Bonchev–Trinajstić information content (AvgIpc) is 2.89. The van der Waals surface area contributed by atoms with E-state index in [1.165, 1.54) is 6.07 Å². The Labute approximate surface area is 120 Å². The van der Waals surface area contributed by atoms with Gasteiger partial charge in [-0.15, -0.1) is 0 Å². The van der Waals surface area contributed by atoms with Crippen LogP contribution in [0.1, 0.15) is 24.8 Å². The van der Waals surface area contributed by atoms with E-state index in [4.69, 9.17) is 4.74 Å². The second-order valence-corrected chi connectivity index (χ2v) is 5.40. The number of hydrogen-bond acceptors (Lipinski definition) is 4. The maximum absolute atomic E-state index is 10.8. The lowest BCUT2D eigenvalue weighted by molar-refractivity contribution is -0.385. The van der Waals surface area contributed by atoms with E-state index in [0.29, 0.717) is 17.1 Å². The van der Waals surface area contributed by atoms with Gasteiger partial charge >= 0.3 is 0 Å². The van der Waals surface area contributed by atoms with Crippen LogP contribution in [0, 0.1) is 10.1 Å². The van der Waals surface area contributed by atoms with Gasteiger partial charge in [0.1, 0.15) is 0 Å². The molecule has 19 heavy (non-hydrogen) atoms. The maximum atomic E-state index is 10.8. The Kier molecular flexibility index (Phi) is 5.30. The van der Waals surface area contributed by atoms with Crippen LogP contribution in [0.2, 0.25) is 0 Å². The molecule has 0 radical (unpaired) electrons. The van der Waals surface area contributed by atoms with E-state index in [1.54, 1.807) is 6.07 Å². The molecular formula is C13H17BrN2O3. The van der Waals surface area contributed by atoms with Crippen LogP contribution in [-0.2, 0) is 11.3 Å². The van der Waals surface area contributed by atoms with Crippen molar-refractivity contribution < 1.29 is 9.66 Å². The Morgan fingerprint density at radius 1 is 1.53 bits per heavy atom. The molecule has 1 atom stereocenters. The van der Waals surface area contributed by atoms with Gasteiger partial charge in [-0.2, -0.15) is 0 Å². The summed E-state index contributed by atoms with van der Waals surface area (Å²) in [6.07, 6.45) is 3.66. The van der Waals surface area contributed by atoms with Gasteiger partial charge in [-0.25, -0.2) is 0 Å².